The lowest BCUT2D eigenvalue weighted by atomic mass is 10.4. The molecule has 0 saturated heterocycles. The average Bonchev–Trinajstić information content (AvgIpc) is 2.64. The number of halogens is 1. The van der Waals surface area contributed by atoms with Crippen LogP contribution in [0.25, 0.3) is 5.69 Å². The SMILES string of the molecule is Cc1scc(-n2ccnc2)c1Br. The Morgan fingerprint density at radius 1 is 1.58 bits per heavy atom. The van der Waals surface area contributed by atoms with E-state index in [1.165, 1.54) is 4.88 Å². The van der Waals surface area contributed by atoms with Crippen LogP contribution in [0.5, 0.6) is 0 Å². The van der Waals surface area contributed by atoms with Gasteiger partial charge < -0.3 is 4.57 Å². The van der Waals surface area contributed by atoms with Crippen molar-refractivity contribution in [3.8, 4) is 5.69 Å². The molecule has 0 spiro atoms. The van der Waals surface area contributed by atoms with E-state index < -0.39 is 0 Å². The number of nitrogens with zero attached hydrogens (tertiary/aromatic N) is 2. The second-order valence-electron chi connectivity index (χ2n) is 2.46. The van der Waals surface area contributed by atoms with E-state index in [4.69, 9.17) is 0 Å². The van der Waals surface area contributed by atoms with Crippen molar-refractivity contribution in [1.29, 1.82) is 0 Å². The zero-order valence-corrected chi connectivity index (χ0v) is 8.89. The highest BCUT2D eigenvalue weighted by atomic mass is 79.9. The van der Waals surface area contributed by atoms with Crippen molar-refractivity contribution in [3.63, 3.8) is 0 Å². The average molecular weight is 243 g/mol. The van der Waals surface area contributed by atoms with Crippen LogP contribution in [0.15, 0.2) is 28.6 Å². The van der Waals surface area contributed by atoms with Gasteiger partial charge in [0.15, 0.2) is 0 Å². The molecule has 2 rings (SSSR count). The monoisotopic (exact) mass is 242 g/mol. The van der Waals surface area contributed by atoms with Crippen molar-refractivity contribution in [1.82, 2.24) is 9.55 Å². The Morgan fingerprint density at radius 2 is 2.42 bits per heavy atom. The fourth-order valence-corrected chi connectivity index (χ4v) is 2.49. The number of hydrogen-bond acceptors (Lipinski definition) is 2. The van der Waals surface area contributed by atoms with Crippen LogP contribution in [0.3, 0.4) is 0 Å². The highest BCUT2D eigenvalue weighted by Gasteiger charge is 2.05. The van der Waals surface area contributed by atoms with E-state index in [2.05, 4.69) is 33.2 Å². The summed E-state index contributed by atoms with van der Waals surface area (Å²) in [4.78, 5) is 5.29. The molecular weight excluding hydrogens is 236 g/mol. The van der Waals surface area contributed by atoms with Gasteiger partial charge in [-0.15, -0.1) is 11.3 Å². The fraction of sp³-hybridized carbons (Fsp3) is 0.125. The largest absolute Gasteiger partial charge is 0.304 e. The molecule has 0 bridgehead atoms. The molecule has 0 aliphatic heterocycles. The molecule has 2 heterocycles. The van der Waals surface area contributed by atoms with E-state index in [9.17, 15) is 0 Å². The van der Waals surface area contributed by atoms with Gasteiger partial charge in [-0.2, -0.15) is 0 Å². The van der Waals surface area contributed by atoms with Gasteiger partial charge in [0.25, 0.3) is 0 Å². The second kappa shape index (κ2) is 3.03. The Kier molecular flexibility index (Phi) is 2.02. The predicted molar refractivity (Wildman–Crippen MR) is 53.9 cm³/mol. The summed E-state index contributed by atoms with van der Waals surface area (Å²) in [6.07, 6.45) is 5.51. The topological polar surface area (TPSA) is 17.8 Å². The minimum Gasteiger partial charge on any atom is -0.304 e. The first-order chi connectivity index (χ1) is 5.79. The summed E-state index contributed by atoms with van der Waals surface area (Å²) < 4.78 is 3.15. The molecule has 2 aromatic rings. The summed E-state index contributed by atoms with van der Waals surface area (Å²) in [7, 11) is 0. The van der Waals surface area contributed by atoms with Crippen molar-refractivity contribution >= 4 is 27.3 Å². The van der Waals surface area contributed by atoms with Gasteiger partial charge in [-0.1, -0.05) is 0 Å². The number of aromatic nitrogens is 2. The molecule has 0 N–H and O–H groups in total. The van der Waals surface area contributed by atoms with Crippen molar-refractivity contribution in [2.45, 2.75) is 6.92 Å². The van der Waals surface area contributed by atoms with E-state index in [0.29, 0.717) is 0 Å². The molecule has 2 aromatic heterocycles. The molecule has 0 fully saturated rings. The Labute approximate surface area is 83.0 Å². The minimum absolute atomic E-state index is 1.16. The van der Waals surface area contributed by atoms with Crippen LogP contribution in [-0.2, 0) is 0 Å². The third-order valence-electron chi connectivity index (χ3n) is 1.66. The van der Waals surface area contributed by atoms with Crippen LogP contribution in [0.2, 0.25) is 0 Å². The van der Waals surface area contributed by atoms with Crippen LogP contribution >= 0.6 is 27.3 Å². The lowest BCUT2D eigenvalue weighted by molar-refractivity contribution is 1.06. The van der Waals surface area contributed by atoms with E-state index in [0.717, 1.165) is 10.2 Å². The molecule has 4 heteroatoms. The molecule has 0 amide bonds. The second-order valence-corrected chi connectivity index (χ2v) is 4.34. The highest BCUT2D eigenvalue weighted by Crippen LogP contribution is 2.29. The molecule has 12 heavy (non-hydrogen) atoms. The summed E-state index contributed by atoms with van der Waals surface area (Å²) in [5, 5.41) is 2.11. The predicted octanol–water partition coefficient (Wildman–Crippen LogP) is 3.00. The maximum Gasteiger partial charge on any atom is 0.0992 e. The summed E-state index contributed by atoms with van der Waals surface area (Å²) in [6.45, 7) is 2.09. The zero-order valence-electron chi connectivity index (χ0n) is 6.49. The Balaban J connectivity index is 2.55. The normalized spacial score (nSPS) is 10.5. The summed E-state index contributed by atoms with van der Waals surface area (Å²) in [6, 6.07) is 0. The van der Waals surface area contributed by atoms with Gasteiger partial charge in [0.1, 0.15) is 0 Å². The lowest BCUT2D eigenvalue weighted by Gasteiger charge is -1.97. The third kappa shape index (κ3) is 1.21. The maximum atomic E-state index is 4.00. The van der Waals surface area contributed by atoms with Gasteiger partial charge in [0, 0.05) is 22.7 Å². The Hall–Kier alpha value is -0.610. The van der Waals surface area contributed by atoms with Gasteiger partial charge in [0.2, 0.25) is 0 Å². The van der Waals surface area contributed by atoms with E-state index >= 15 is 0 Å². The summed E-state index contributed by atoms with van der Waals surface area (Å²) in [5.41, 5.74) is 1.16. The Bertz CT molecular complexity index is 378. The molecule has 0 aliphatic carbocycles. The van der Waals surface area contributed by atoms with Crippen molar-refractivity contribution < 1.29 is 0 Å². The van der Waals surface area contributed by atoms with Crippen LogP contribution in [-0.4, -0.2) is 9.55 Å². The van der Waals surface area contributed by atoms with Gasteiger partial charge in [-0.25, -0.2) is 4.98 Å². The van der Waals surface area contributed by atoms with Crippen molar-refractivity contribution in [3.05, 3.63) is 33.5 Å². The van der Waals surface area contributed by atoms with E-state index in [1.807, 2.05) is 10.8 Å². The number of imidazole rings is 1. The molecule has 0 radical (unpaired) electrons. The zero-order chi connectivity index (χ0) is 8.55. The Morgan fingerprint density at radius 3 is 2.92 bits per heavy atom. The van der Waals surface area contributed by atoms with Gasteiger partial charge in [-0.3, -0.25) is 0 Å². The van der Waals surface area contributed by atoms with Crippen molar-refractivity contribution in [2.24, 2.45) is 0 Å². The van der Waals surface area contributed by atoms with Crippen LogP contribution in [0.1, 0.15) is 4.88 Å². The fourth-order valence-electron chi connectivity index (χ4n) is 1.00. The molecule has 62 valence electrons. The molecule has 0 atom stereocenters. The number of rotatable bonds is 1. The van der Waals surface area contributed by atoms with Crippen LogP contribution in [0, 0.1) is 6.92 Å². The minimum atomic E-state index is 1.16. The molecule has 0 aliphatic rings. The third-order valence-corrected chi connectivity index (χ3v) is 3.83. The van der Waals surface area contributed by atoms with Crippen LogP contribution in [0.4, 0.5) is 0 Å². The standard InChI is InChI=1S/C8H7BrN2S/c1-6-8(9)7(4-12-6)11-3-2-10-5-11/h2-5H,1H3. The first-order valence-electron chi connectivity index (χ1n) is 3.51. The number of thiophene rings is 1. The highest BCUT2D eigenvalue weighted by molar-refractivity contribution is 9.10. The van der Waals surface area contributed by atoms with Gasteiger partial charge in [-0.05, 0) is 22.9 Å². The lowest BCUT2D eigenvalue weighted by Crippen LogP contribution is -1.87. The molecule has 0 unspecified atom stereocenters. The smallest absolute Gasteiger partial charge is 0.0992 e. The first-order valence-corrected chi connectivity index (χ1v) is 5.18. The molecule has 0 aromatic carbocycles. The molecular formula is C8H7BrN2S. The van der Waals surface area contributed by atoms with E-state index in [-0.39, 0.29) is 0 Å². The number of aryl methyl sites for hydroxylation is 1. The van der Waals surface area contributed by atoms with E-state index in [1.54, 1.807) is 23.9 Å². The number of hydrogen-bond donors (Lipinski definition) is 0. The van der Waals surface area contributed by atoms with Gasteiger partial charge in [0.05, 0.1) is 16.5 Å². The summed E-state index contributed by atoms with van der Waals surface area (Å²) >= 11 is 5.27. The van der Waals surface area contributed by atoms with Crippen molar-refractivity contribution in [2.75, 3.05) is 0 Å². The first kappa shape index (κ1) is 8.01. The van der Waals surface area contributed by atoms with Gasteiger partial charge >= 0.3 is 0 Å². The van der Waals surface area contributed by atoms with Crippen LogP contribution < -0.4 is 0 Å². The molecule has 2 nitrogen and oxygen atoms in total. The summed E-state index contributed by atoms with van der Waals surface area (Å²) in [5.74, 6) is 0. The quantitative estimate of drug-likeness (QED) is 0.752. The molecule has 0 saturated carbocycles. The maximum absolute atomic E-state index is 4.00.